The predicted octanol–water partition coefficient (Wildman–Crippen LogP) is 9.29. The number of phenolic OH excluding ortho intramolecular Hbond substituents is 1. The summed E-state index contributed by atoms with van der Waals surface area (Å²) in [6, 6.07) is 8.07. The first kappa shape index (κ1) is 28.8. The average molecular weight is 495 g/mol. The summed E-state index contributed by atoms with van der Waals surface area (Å²) in [6.07, 6.45) is 2.11. The minimum absolute atomic E-state index is 0.00674. The van der Waals surface area contributed by atoms with E-state index < -0.39 is 0 Å². The molecule has 4 atom stereocenters. The molecule has 0 aliphatic rings. The van der Waals surface area contributed by atoms with Gasteiger partial charge >= 0.3 is 0 Å². The van der Waals surface area contributed by atoms with Gasteiger partial charge in [-0.3, -0.25) is 4.90 Å². The molecule has 0 spiro atoms. The van der Waals surface area contributed by atoms with Gasteiger partial charge in [-0.1, -0.05) is 53.7 Å². The van der Waals surface area contributed by atoms with Crippen LogP contribution in [0.25, 0.3) is 0 Å². The highest BCUT2D eigenvalue weighted by Crippen LogP contribution is 2.44. The lowest BCUT2D eigenvalue weighted by Crippen LogP contribution is -2.48. The summed E-state index contributed by atoms with van der Waals surface area (Å²) in [7, 11) is 0. The first-order chi connectivity index (χ1) is 17.1. The van der Waals surface area contributed by atoms with Gasteiger partial charge in [-0.2, -0.15) is 0 Å². The fraction of sp³-hybridized carbons (Fsp3) is 0.647. The van der Waals surface area contributed by atoms with Crippen LogP contribution < -0.4 is 0 Å². The van der Waals surface area contributed by atoms with E-state index in [1.807, 2.05) is 0 Å². The van der Waals surface area contributed by atoms with E-state index in [4.69, 9.17) is 6.54 Å². The highest BCUT2D eigenvalue weighted by molar-refractivity contribution is 5.56. The van der Waals surface area contributed by atoms with Crippen molar-refractivity contribution in [3.05, 3.63) is 62.7 Å². The zero-order valence-electron chi connectivity index (χ0n) is 26.9. The molecule has 2 nitrogen and oxygen atoms in total. The Balaban J connectivity index is 2.86. The summed E-state index contributed by atoms with van der Waals surface area (Å²) >= 11 is 0. The predicted molar refractivity (Wildman–Crippen MR) is 159 cm³/mol. The zero-order valence-corrected chi connectivity index (χ0v) is 25.9. The summed E-state index contributed by atoms with van der Waals surface area (Å²) in [5.41, 5.74) is 10.5. The maximum atomic E-state index is 8.07. The molecule has 0 fully saturated rings. The van der Waals surface area contributed by atoms with Gasteiger partial charge in [0.2, 0.25) is 0 Å². The molecule has 0 bridgehead atoms. The van der Waals surface area contributed by atoms with Crippen molar-refractivity contribution >= 4 is 0 Å². The third-order valence-electron chi connectivity index (χ3n) is 8.98. The zero-order chi connectivity index (χ0) is 28.4. The Morgan fingerprint density at radius 1 is 0.861 bits per heavy atom. The van der Waals surface area contributed by atoms with Gasteiger partial charge in [-0.15, -0.1) is 0 Å². The van der Waals surface area contributed by atoms with Gasteiger partial charge in [0.25, 0.3) is 1.43 Å². The second-order valence-corrected chi connectivity index (χ2v) is 12.9. The quantitative estimate of drug-likeness (QED) is 0.356. The summed E-state index contributed by atoms with van der Waals surface area (Å²) in [5, 5.41) is 5.40. The number of rotatable bonds is 10. The molecular weight excluding hydrogens is 438 g/mol. The Hall–Kier alpha value is -1.80. The van der Waals surface area contributed by atoms with Crippen LogP contribution in [-0.4, -0.2) is 29.6 Å². The lowest BCUT2D eigenvalue weighted by atomic mass is 9.74. The van der Waals surface area contributed by atoms with Crippen molar-refractivity contribution in [2.75, 3.05) is 0 Å². The maximum Gasteiger partial charge on any atom is 0.293 e. The molecule has 1 N–H and O–H groups in total. The summed E-state index contributed by atoms with van der Waals surface area (Å²) in [5.74, 6) is 1.42. The summed E-state index contributed by atoms with van der Waals surface area (Å²) in [6.45, 7) is 32.1. The number of nitrogens with zero attached hydrogens (tertiary/aromatic N) is 1. The van der Waals surface area contributed by atoms with E-state index in [9.17, 15) is 0 Å². The van der Waals surface area contributed by atoms with Crippen molar-refractivity contribution in [1.29, 1.82) is 1.43 Å². The van der Waals surface area contributed by atoms with Gasteiger partial charge in [0.05, 0.1) is 0 Å². The molecule has 0 saturated heterocycles. The molecular formula is C34H55NO. The highest BCUT2D eigenvalue weighted by atomic mass is 16.3. The fourth-order valence-corrected chi connectivity index (χ4v) is 6.56. The van der Waals surface area contributed by atoms with Crippen LogP contribution in [0, 0.1) is 40.5 Å². The molecule has 2 aromatic carbocycles. The van der Waals surface area contributed by atoms with Crippen LogP contribution >= 0.6 is 0 Å². The maximum absolute atomic E-state index is 8.07. The van der Waals surface area contributed by atoms with Crippen LogP contribution in [0.1, 0.15) is 126 Å². The first-order valence-electron chi connectivity index (χ1n) is 14.6. The molecule has 0 amide bonds. The monoisotopic (exact) mass is 494 g/mol. The molecule has 2 rings (SSSR count). The number of hydrogen-bond donors (Lipinski definition) is 1. The van der Waals surface area contributed by atoms with E-state index in [2.05, 4.69) is 120 Å². The molecule has 0 saturated carbocycles. The Labute approximate surface area is 225 Å². The van der Waals surface area contributed by atoms with Crippen molar-refractivity contribution in [3.8, 4) is 5.75 Å². The molecule has 2 aromatic rings. The topological polar surface area (TPSA) is 23.5 Å². The van der Waals surface area contributed by atoms with Crippen molar-refractivity contribution < 1.29 is 5.11 Å². The van der Waals surface area contributed by atoms with Crippen LogP contribution in [0.5, 0.6) is 5.75 Å². The number of hydrogen-bond acceptors (Lipinski definition) is 2. The molecule has 0 aliphatic carbocycles. The minimum Gasteiger partial charge on any atom is -0.508 e. The van der Waals surface area contributed by atoms with E-state index in [-0.39, 0.29) is 11.3 Å². The largest absolute Gasteiger partial charge is 0.508 e. The molecule has 202 valence electrons. The Morgan fingerprint density at radius 3 is 1.97 bits per heavy atom. The Morgan fingerprint density at radius 2 is 1.47 bits per heavy atom. The fourth-order valence-electron chi connectivity index (χ4n) is 6.56. The Bertz CT molecular complexity index is 1060. The van der Waals surface area contributed by atoms with Gasteiger partial charge < -0.3 is 5.11 Å². The molecule has 0 heterocycles. The molecule has 0 aliphatic heterocycles. The number of benzene rings is 2. The molecule has 2 heteroatoms. The van der Waals surface area contributed by atoms with Crippen LogP contribution in [0.4, 0.5) is 0 Å². The van der Waals surface area contributed by atoms with E-state index in [0.29, 0.717) is 29.8 Å². The van der Waals surface area contributed by atoms with Crippen LogP contribution in [0.2, 0.25) is 0 Å². The normalized spacial score (nSPS) is 16.2. The average Bonchev–Trinajstić information content (AvgIpc) is 2.80. The molecule has 36 heavy (non-hydrogen) atoms. The smallest absolute Gasteiger partial charge is 0.293 e. The number of phenols is 1. The third kappa shape index (κ3) is 6.18. The van der Waals surface area contributed by atoms with Crippen molar-refractivity contribution in [2.24, 2.45) is 5.92 Å². The molecule has 3 unspecified atom stereocenters. The third-order valence-corrected chi connectivity index (χ3v) is 8.98. The number of aromatic hydroxyl groups is 1. The highest BCUT2D eigenvalue weighted by Gasteiger charge is 2.33. The summed E-state index contributed by atoms with van der Waals surface area (Å²) in [4.78, 5) is 2.74. The number of aryl methyl sites for hydroxylation is 2. The van der Waals surface area contributed by atoms with E-state index in [1.165, 1.54) is 44.5 Å². The second-order valence-electron chi connectivity index (χ2n) is 12.9. The van der Waals surface area contributed by atoms with E-state index in [0.717, 1.165) is 12.8 Å². The van der Waals surface area contributed by atoms with E-state index in [1.54, 1.807) is 0 Å². The molecule has 0 aromatic heterocycles. The van der Waals surface area contributed by atoms with Gasteiger partial charge in [0.1, 0.15) is 5.75 Å². The second kappa shape index (κ2) is 11.7. The van der Waals surface area contributed by atoms with Crippen LogP contribution in [-0.2, 0) is 5.41 Å². The minimum atomic E-state index is 0.00674. The lowest BCUT2D eigenvalue weighted by Gasteiger charge is -2.43. The van der Waals surface area contributed by atoms with Gasteiger partial charge in [-0.05, 0) is 125 Å². The van der Waals surface area contributed by atoms with E-state index >= 15 is 0 Å². The van der Waals surface area contributed by atoms with Crippen molar-refractivity contribution in [3.63, 3.8) is 0 Å². The Kier molecular flexibility index (Phi) is 9.36. The van der Waals surface area contributed by atoms with Gasteiger partial charge in [0, 0.05) is 29.6 Å². The van der Waals surface area contributed by atoms with Crippen molar-refractivity contribution in [1.82, 2.24) is 4.90 Å². The van der Waals surface area contributed by atoms with Crippen LogP contribution in [0.15, 0.2) is 18.2 Å². The standard InChI is InChI=1S/C34H55NO/c1-15-23(6)35(28(11)20(2)3)24(7)19-30(29-17-16-21(4)25(8)26(29)9)32-27(10)33(34(12,13)14)22(5)18-31(32)36/h16-18,20,23-24,28,30,36H,15,19H2,1-14H3/t23?,24?,28?,30-/m1/s1/i/hD. The van der Waals surface area contributed by atoms with Crippen LogP contribution in [0.3, 0.4) is 0 Å². The lowest BCUT2D eigenvalue weighted by molar-refractivity contribution is 0.0689. The van der Waals surface area contributed by atoms with Crippen molar-refractivity contribution in [2.45, 2.75) is 139 Å². The summed E-state index contributed by atoms with van der Waals surface area (Å²) < 4.78 is 8.07. The SMILES string of the molecule is [2H]Oc1cc(C)c(C(C)(C)C)c(C)c1[C@H](CC(C)N(C(C)CC)C(C)C(C)C)c1ccc(C)c(C)c1C. The molecule has 0 radical (unpaired) electrons. The van der Waals surface area contributed by atoms with Gasteiger partial charge in [0.15, 0.2) is 0 Å². The first-order valence-corrected chi connectivity index (χ1v) is 14.2. The van der Waals surface area contributed by atoms with Gasteiger partial charge in [-0.25, -0.2) is 0 Å².